The number of hydrogen-bond donors (Lipinski definition) is 0. The first kappa shape index (κ1) is 26.7. The van der Waals surface area contributed by atoms with Crippen LogP contribution < -0.4 is 18.9 Å². The van der Waals surface area contributed by atoms with Crippen molar-refractivity contribution in [3.8, 4) is 29.1 Å². The lowest BCUT2D eigenvalue weighted by atomic mass is 9.66. The van der Waals surface area contributed by atoms with Gasteiger partial charge >= 0.3 is 0 Å². The van der Waals surface area contributed by atoms with Gasteiger partial charge in [-0.15, -0.1) is 0 Å². The zero-order valence-electron chi connectivity index (χ0n) is 22.1. The van der Waals surface area contributed by atoms with Crippen molar-refractivity contribution in [2.75, 3.05) is 48.1 Å². The van der Waals surface area contributed by atoms with Crippen LogP contribution in [0.2, 0.25) is 0 Å². The van der Waals surface area contributed by atoms with Crippen LogP contribution in [0.3, 0.4) is 0 Å². The Hall–Kier alpha value is -2.91. The lowest BCUT2D eigenvalue weighted by molar-refractivity contribution is 0.148. The summed E-state index contributed by atoms with van der Waals surface area (Å²) < 4.78 is 21.9. The normalized spacial score (nSPS) is 17.9. The lowest BCUT2D eigenvalue weighted by Gasteiger charge is -2.39. The summed E-state index contributed by atoms with van der Waals surface area (Å²) in [5, 5.41) is 10.5. The van der Waals surface area contributed by atoms with Gasteiger partial charge in [-0.1, -0.05) is 13.8 Å². The maximum Gasteiger partial charge on any atom is 0.122 e. The lowest BCUT2D eigenvalue weighted by Crippen LogP contribution is -2.41. The van der Waals surface area contributed by atoms with Crippen LogP contribution in [-0.2, 0) is 11.8 Å². The molecule has 1 saturated heterocycles. The van der Waals surface area contributed by atoms with Gasteiger partial charge in [-0.2, -0.15) is 5.26 Å². The molecular formula is C29H40N2O4. The first-order chi connectivity index (χ1) is 16.9. The van der Waals surface area contributed by atoms with Gasteiger partial charge in [0.2, 0.25) is 0 Å². The van der Waals surface area contributed by atoms with E-state index in [1.54, 1.807) is 28.4 Å². The highest BCUT2D eigenvalue weighted by Crippen LogP contribution is 2.42. The highest BCUT2D eigenvalue weighted by atomic mass is 16.5. The molecule has 1 fully saturated rings. The van der Waals surface area contributed by atoms with E-state index in [0.29, 0.717) is 5.92 Å². The summed E-state index contributed by atoms with van der Waals surface area (Å²) in [5.41, 5.74) is 1.59. The van der Waals surface area contributed by atoms with Crippen LogP contribution in [0.25, 0.3) is 0 Å². The van der Waals surface area contributed by atoms with Crippen molar-refractivity contribution in [2.24, 2.45) is 11.8 Å². The van der Waals surface area contributed by atoms with Crippen molar-refractivity contribution >= 4 is 0 Å². The summed E-state index contributed by atoms with van der Waals surface area (Å²) >= 11 is 0. The highest BCUT2D eigenvalue weighted by Gasteiger charge is 2.40. The second-order valence-corrected chi connectivity index (χ2v) is 9.82. The summed E-state index contributed by atoms with van der Waals surface area (Å²) in [5.74, 6) is 3.68. The van der Waals surface area contributed by atoms with E-state index >= 15 is 0 Å². The molecule has 6 nitrogen and oxygen atoms in total. The van der Waals surface area contributed by atoms with E-state index < -0.39 is 5.41 Å². The molecule has 2 aromatic carbocycles. The zero-order valence-corrected chi connectivity index (χ0v) is 22.1. The molecule has 0 N–H and O–H groups in total. The molecule has 0 saturated carbocycles. The summed E-state index contributed by atoms with van der Waals surface area (Å²) in [7, 11) is 6.67. The number of methoxy groups -OCH3 is 4. The Kier molecular flexibility index (Phi) is 9.28. The van der Waals surface area contributed by atoms with E-state index in [1.807, 2.05) is 24.3 Å². The van der Waals surface area contributed by atoms with Crippen LogP contribution in [0, 0.1) is 23.2 Å². The van der Waals surface area contributed by atoms with E-state index in [0.717, 1.165) is 73.9 Å². The van der Waals surface area contributed by atoms with Gasteiger partial charge in [-0.25, -0.2) is 0 Å². The molecular weight excluding hydrogens is 440 g/mol. The first-order valence-electron chi connectivity index (χ1n) is 12.5. The molecule has 1 aliphatic heterocycles. The van der Waals surface area contributed by atoms with Crippen LogP contribution in [-0.4, -0.2) is 53.0 Å². The van der Waals surface area contributed by atoms with E-state index in [4.69, 9.17) is 18.9 Å². The minimum absolute atomic E-state index is 0.156. The minimum atomic E-state index is -0.602. The van der Waals surface area contributed by atoms with Gasteiger partial charge in [0.05, 0.1) is 39.9 Å². The van der Waals surface area contributed by atoms with Crippen molar-refractivity contribution in [1.82, 2.24) is 4.90 Å². The Morgan fingerprint density at radius 2 is 1.46 bits per heavy atom. The molecule has 0 aromatic heterocycles. The van der Waals surface area contributed by atoms with Crippen molar-refractivity contribution in [1.29, 1.82) is 5.26 Å². The van der Waals surface area contributed by atoms with Gasteiger partial charge in [0.25, 0.3) is 0 Å². The number of likely N-dealkylation sites (tertiary alicyclic amines) is 1. The fourth-order valence-electron chi connectivity index (χ4n) is 5.27. The predicted octanol–water partition coefficient (Wildman–Crippen LogP) is 5.48. The smallest absolute Gasteiger partial charge is 0.122 e. The van der Waals surface area contributed by atoms with Crippen LogP contribution >= 0.6 is 0 Å². The van der Waals surface area contributed by atoms with Gasteiger partial charge in [0.15, 0.2) is 0 Å². The molecule has 2 atom stereocenters. The molecule has 0 amide bonds. The molecule has 0 spiro atoms. The van der Waals surface area contributed by atoms with Crippen molar-refractivity contribution in [3.05, 3.63) is 47.5 Å². The van der Waals surface area contributed by atoms with Gasteiger partial charge in [-0.3, -0.25) is 0 Å². The zero-order chi connectivity index (χ0) is 25.4. The third-order valence-electron chi connectivity index (χ3n) is 7.39. The summed E-state index contributed by atoms with van der Waals surface area (Å²) in [6.45, 7) is 7.35. The molecule has 1 heterocycles. The predicted molar refractivity (Wildman–Crippen MR) is 139 cm³/mol. The van der Waals surface area contributed by atoms with Crippen molar-refractivity contribution in [2.45, 2.75) is 44.9 Å². The fourth-order valence-corrected chi connectivity index (χ4v) is 5.27. The van der Waals surface area contributed by atoms with Gasteiger partial charge in [0.1, 0.15) is 23.0 Å². The van der Waals surface area contributed by atoms with Crippen molar-refractivity contribution < 1.29 is 18.9 Å². The average Bonchev–Trinajstić information content (AvgIpc) is 2.89. The Bertz CT molecular complexity index is 972. The number of ether oxygens (including phenoxy) is 4. The standard InChI is InChI=1S/C29H40N2O4/c1-21(2)29(20-30,24-14-27(34-5)17-28(15-24)35-6)18-23-8-7-10-31(19-23)11-9-22-12-25(32-3)16-26(13-22)33-4/h12-17,21,23H,7-11,18-19H2,1-6H3. The fraction of sp³-hybridized carbons (Fsp3) is 0.552. The average molecular weight is 481 g/mol. The van der Waals surface area contributed by atoms with E-state index in [-0.39, 0.29) is 5.92 Å². The second kappa shape index (κ2) is 12.2. The van der Waals surface area contributed by atoms with Crippen LogP contribution in [0.15, 0.2) is 36.4 Å². The molecule has 0 radical (unpaired) electrons. The Labute approximate surface area is 210 Å². The summed E-state index contributed by atoms with van der Waals surface area (Å²) in [4.78, 5) is 2.54. The molecule has 0 bridgehead atoms. The number of benzene rings is 2. The number of rotatable bonds is 11. The molecule has 35 heavy (non-hydrogen) atoms. The summed E-state index contributed by atoms with van der Waals surface area (Å²) in [6, 6.07) is 14.7. The molecule has 190 valence electrons. The third kappa shape index (κ3) is 6.41. The monoisotopic (exact) mass is 480 g/mol. The van der Waals surface area contributed by atoms with Crippen LogP contribution in [0.4, 0.5) is 0 Å². The second-order valence-electron chi connectivity index (χ2n) is 9.82. The molecule has 2 aromatic rings. The quantitative estimate of drug-likeness (QED) is 0.424. The summed E-state index contributed by atoms with van der Waals surface area (Å²) in [6.07, 6.45) is 4.04. The molecule has 0 aliphatic carbocycles. The third-order valence-corrected chi connectivity index (χ3v) is 7.39. The maximum atomic E-state index is 10.5. The number of hydrogen-bond acceptors (Lipinski definition) is 6. The maximum absolute atomic E-state index is 10.5. The topological polar surface area (TPSA) is 64.0 Å². The Morgan fingerprint density at radius 3 is 1.94 bits per heavy atom. The largest absolute Gasteiger partial charge is 0.497 e. The van der Waals surface area contributed by atoms with E-state index in [1.165, 1.54) is 5.56 Å². The number of nitriles is 1. The van der Waals surface area contributed by atoms with Crippen LogP contribution in [0.1, 0.15) is 44.2 Å². The number of piperidine rings is 1. The number of nitrogens with zero attached hydrogens (tertiary/aromatic N) is 2. The van der Waals surface area contributed by atoms with Crippen LogP contribution in [0.5, 0.6) is 23.0 Å². The molecule has 2 unspecified atom stereocenters. The van der Waals surface area contributed by atoms with Crippen molar-refractivity contribution in [3.63, 3.8) is 0 Å². The van der Waals surface area contributed by atoms with Gasteiger partial charge in [-0.05, 0) is 79.5 Å². The van der Waals surface area contributed by atoms with Gasteiger partial charge < -0.3 is 23.8 Å². The highest BCUT2D eigenvalue weighted by molar-refractivity contribution is 5.45. The molecule has 6 heteroatoms. The Morgan fingerprint density at radius 1 is 0.914 bits per heavy atom. The molecule has 3 rings (SSSR count). The Balaban J connectivity index is 1.75. The van der Waals surface area contributed by atoms with Gasteiger partial charge in [0, 0.05) is 25.2 Å². The minimum Gasteiger partial charge on any atom is -0.497 e. The van der Waals surface area contributed by atoms with E-state index in [2.05, 4.69) is 36.9 Å². The van der Waals surface area contributed by atoms with E-state index in [9.17, 15) is 5.26 Å². The molecule has 1 aliphatic rings. The SMILES string of the molecule is COc1cc(CCN2CCCC(CC(C#N)(c3cc(OC)cc(OC)c3)C(C)C)C2)cc(OC)c1. The first-order valence-corrected chi connectivity index (χ1v) is 12.5.